The molecule has 2 atom stereocenters. The summed E-state index contributed by atoms with van der Waals surface area (Å²) in [6.07, 6.45) is 1.10. The Morgan fingerprint density at radius 2 is 2.20 bits per heavy atom. The van der Waals surface area contributed by atoms with Crippen LogP contribution in [-0.2, 0) is 6.54 Å². The molecule has 2 heterocycles. The third-order valence-electron chi connectivity index (χ3n) is 4.31. The molecular weight excluding hydrogens is 254 g/mol. The van der Waals surface area contributed by atoms with Gasteiger partial charge in [0.25, 0.3) is 0 Å². The Bertz CT molecular complexity index is 705. The highest BCUT2D eigenvalue weighted by atomic mass is 16.5. The number of nitrogens with one attached hydrogen (secondary N) is 1. The van der Waals surface area contributed by atoms with E-state index in [1.165, 1.54) is 11.0 Å². The molecule has 0 bridgehead atoms. The number of hydrogen-bond donors (Lipinski definition) is 1. The maximum atomic E-state index is 11.6. The smallest absolute Gasteiger partial charge is 0.336 e. The molecule has 0 aliphatic carbocycles. The molecule has 4 heteroatoms. The fourth-order valence-corrected chi connectivity index (χ4v) is 2.78. The van der Waals surface area contributed by atoms with Crippen molar-refractivity contribution in [3.05, 3.63) is 39.7 Å². The molecular formula is C16H20NO3+. The van der Waals surface area contributed by atoms with Crippen molar-refractivity contribution < 1.29 is 14.1 Å². The second-order valence-electron chi connectivity index (χ2n) is 5.60. The lowest BCUT2D eigenvalue weighted by atomic mass is 10.0. The molecule has 2 aromatic rings. The van der Waals surface area contributed by atoms with Crippen molar-refractivity contribution in [3.63, 3.8) is 0 Å². The summed E-state index contributed by atoms with van der Waals surface area (Å²) in [5.74, 6) is 0.846. The zero-order valence-corrected chi connectivity index (χ0v) is 12.2. The average Bonchev–Trinajstić information content (AvgIpc) is 2.45. The Hall–Kier alpha value is -1.81. The highest BCUT2D eigenvalue weighted by Gasteiger charge is 2.27. The van der Waals surface area contributed by atoms with Crippen LogP contribution < -0.4 is 15.3 Å². The summed E-state index contributed by atoms with van der Waals surface area (Å²) in [6, 6.07) is 6.02. The highest BCUT2D eigenvalue weighted by molar-refractivity contribution is 5.84. The van der Waals surface area contributed by atoms with Gasteiger partial charge < -0.3 is 9.15 Å². The summed E-state index contributed by atoms with van der Waals surface area (Å²) in [5.41, 5.74) is 2.37. The Morgan fingerprint density at radius 3 is 2.95 bits per heavy atom. The lowest BCUT2D eigenvalue weighted by molar-refractivity contribution is -0.954. The van der Waals surface area contributed by atoms with Crippen molar-refractivity contribution in [3.8, 4) is 5.75 Å². The summed E-state index contributed by atoms with van der Waals surface area (Å²) < 4.78 is 11.3. The monoisotopic (exact) mass is 274 g/mol. The zero-order valence-electron chi connectivity index (χ0n) is 12.2. The zero-order chi connectivity index (χ0) is 14.3. The van der Waals surface area contributed by atoms with Crippen LogP contribution in [0.5, 0.6) is 5.75 Å². The second kappa shape index (κ2) is 4.94. The third kappa shape index (κ3) is 2.10. The molecule has 0 saturated carbocycles. The van der Waals surface area contributed by atoms with Gasteiger partial charge in [-0.2, -0.15) is 0 Å². The summed E-state index contributed by atoms with van der Waals surface area (Å²) in [4.78, 5) is 13.0. The minimum Gasteiger partial charge on any atom is -0.445 e. The summed E-state index contributed by atoms with van der Waals surface area (Å²) in [5, 5.41) is 0.998. The largest absolute Gasteiger partial charge is 0.445 e. The molecule has 0 spiro atoms. The van der Waals surface area contributed by atoms with E-state index < -0.39 is 0 Å². The number of fused-ring (bicyclic) bond motifs is 3. The fraction of sp³-hybridized carbons (Fsp3) is 0.438. The van der Waals surface area contributed by atoms with E-state index in [9.17, 15) is 4.79 Å². The second-order valence-corrected chi connectivity index (χ2v) is 5.60. The van der Waals surface area contributed by atoms with E-state index in [1.807, 2.05) is 19.1 Å². The average molecular weight is 274 g/mol. The number of aryl methyl sites for hydroxylation is 1. The van der Waals surface area contributed by atoms with Gasteiger partial charge in [0.05, 0.1) is 11.6 Å². The van der Waals surface area contributed by atoms with Gasteiger partial charge >= 0.3 is 5.63 Å². The van der Waals surface area contributed by atoms with Crippen molar-refractivity contribution >= 4 is 11.0 Å². The van der Waals surface area contributed by atoms with E-state index in [1.54, 1.807) is 0 Å². The Morgan fingerprint density at radius 1 is 1.40 bits per heavy atom. The van der Waals surface area contributed by atoms with Crippen LogP contribution in [0.1, 0.15) is 31.4 Å². The standard InChI is InChI=1S/C16H19NO3/c1-4-11(3)17-8-13-14(19-9-17)6-5-12-10(2)7-15(18)20-16(12)13/h5-7,11H,4,8-9H2,1-3H3/p+1/t11-/m0/s1. The van der Waals surface area contributed by atoms with Crippen LogP contribution in [-0.4, -0.2) is 12.8 Å². The van der Waals surface area contributed by atoms with Crippen LogP contribution in [0, 0.1) is 6.92 Å². The first-order valence-corrected chi connectivity index (χ1v) is 7.14. The van der Waals surface area contributed by atoms with Crippen LogP contribution in [0.2, 0.25) is 0 Å². The van der Waals surface area contributed by atoms with Crippen molar-refractivity contribution in [1.29, 1.82) is 0 Å². The van der Waals surface area contributed by atoms with Crippen LogP contribution in [0.4, 0.5) is 0 Å². The van der Waals surface area contributed by atoms with Crippen molar-refractivity contribution in [1.82, 2.24) is 0 Å². The summed E-state index contributed by atoms with van der Waals surface area (Å²) >= 11 is 0. The van der Waals surface area contributed by atoms with E-state index in [0.717, 1.165) is 35.2 Å². The quantitative estimate of drug-likeness (QED) is 0.847. The molecule has 4 nitrogen and oxygen atoms in total. The van der Waals surface area contributed by atoms with E-state index >= 15 is 0 Å². The highest BCUT2D eigenvalue weighted by Crippen LogP contribution is 2.29. The van der Waals surface area contributed by atoms with Crippen molar-refractivity contribution in [2.24, 2.45) is 0 Å². The molecule has 0 amide bonds. The van der Waals surface area contributed by atoms with E-state index in [2.05, 4.69) is 13.8 Å². The fourth-order valence-electron chi connectivity index (χ4n) is 2.78. The van der Waals surface area contributed by atoms with E-state index in [-0.39, 0.29) is 5.63 Å². The van der Waals surface area contributed by atoms with Gasteiger partial charge in [0.2, 0.25) is 6.73 Å². The molecule has 1 aromatic carbocycles. The maximum Gasteiger partial charge on any atom is 0.336 e. The predicted octanol–water partition coefficient (Wildman–Crippen LogP) is 1.63. The minimum atomic E-state index is -0.293. The Labute approximate surface area is 118 Å². The van der Waals surface area contributed by atoms with Crippen LogP contribution >= 0.6 is 0 Å². The molecule has 1 aromatic heterocycles. The van der Waals surface area contributed by atoms with Gasteiger partial charge in [-0.1, -0.05) is 6.92 Å². The van der Waals surface area contributed by atoms with Gasteiger partial charge in [-0.05, 0) is 38.0 Å². The Balaban J connectivity index is 2.15. The van der Waals surface area contributed by atoms with Gasteiger partial charge in [-0.25, -0.2) is 4.79 Å². The van der Waals surface area contributed by atoms with Gasteiger partial charge in [0.15, 0.2) is 5.58 Å². The number of ether oxygens (including phenoxy) is 1. The van der Waals surface area contributed by atoms with Gasteiger partial charge in [0, 0.05) is 11.5 Å². The molecule has 3 rings (SSSR count). The van der Waals surface area contributed by atoms with E-state index in [0.29, 0.717) is 18.4 Å². The lowest BCUT2D eigenvalue weighted by Gasteiger charge is -2.30. The van der Waals surface area contributed by atoms with Crippen molar-refractivity contribution in [2.45, 2.75) is 39.8 Å². The first kappa shape index (κ1) is 13.2. The molecule has 106 valence electrons. The van der Waals surface area contributed by atoms with Gasteiger partial charge in [0.1, 0.15) is 12.3 Å². The third-order valence-corrected chi connectivity index (χ3v) is 4.31. The predicted molar refractivity (Wildman–Crippen MR) is 77.1 cm³/mol. The molecule has 1 aliphatic heterocycles. The molecule has 0 radical (unpaired) electrons. The number of rotatable bonds is 2. The normalized spacial score (nSPS) is 19.4. The maximum absolute atomic E-state index is 11.6. The summed E-state index contributed by atoms with van der Waals surface area (Å²) in [6.45, 7) is 7.85. The molecule has 0 fully saturated rings. The van der Waals surface area contributed by atoms with Crippen LogP contribution in [0.3, 0.4) is 0 Å². The minimum absolute atomic E-state index is 0.293. The number of hydrogen-bond acceptors (Lipinski definition) is 3. The number of benzene rings is 1. The van der Waals surface area contributed by atoms with Crippen molar-refractivity contribution in [2.75, 3.05) is 6.73 Å². The van der Waals surface area contributed by atoms with E-state index in [4.69, 9.17) is 9.15 Å². The molecule has 1 unspecified atom stereocenters. The first-order valence-electron chi connectivity index (χ1n) is 7.14. The number of quaternary nitrogens is 1. The molecule has 1 N–H and O–H groups in total. The van der Waals surface area contributed by atoms with Gasteiger partial charge in [-0.15, -0.1) is 0 Å². The lowest BCUT2D eigenvalue weighted by Crippen LogP contribution is -3.15. The van der Waals surface area contributed by atoms with Crippen LogP contribution in [0.25, 0.3) is 11.0 Å². The van der Waals surface area contributed by atoms with Crippen LogP contribution in [0.15, 0.2) is 27.4 Å². The van der Waals surface area contributed by atoms with Gasteiger partial charge in [-0.3, -0.25) is 4.90 Å². The Kier molecular flexibility index (Phi) is 3.26. The SMILES string of the molecule is CC[C@H](C)[NH+]1COc2ccc3c(C)cc(=O)oc3c2C1. The first-order chi connectivity index (χ1) is 9.60. The molecule has 20 heavy (non-hydrogen) atoms. The molecule has 0 saturated heterocycles. The molecule has 1 aliphatic rings. The summed E-state index contributed by atoms with van der Waals surface area (Å²) in [7, 11) is 0. The topological polar surface area (TPSA) is 43.9 Å².